The zero-order valence-corrected chi connectivity index (χ0v) is 15.4. The Morgan fingerprint density at radius 3 is 2.67 bits per heavy atom. The number of alkyl halides is 3. The fourth-order valence-corrected chi connectivity index (χ4v) is 2.99. The number of tetrazole rings is 1. The number of nitrogens with zero attached hydrogens (tertiary/aromatic N) is 5. The maximum absolute atomic E-state index is 13.2. The molecular formula is C16H20ClF3N5O2-. The summed E-state index contributed by atoms with van der Waals surface area (Å²) in [7, 11) is 1.57. The van der Waals surface area contributed by atoms with Gasteiger partial charge in [-0.15, -0.1) is 5.10 Å². The van der Waals surface area contributed by atoms with Crippen molar-refractivity contribution in [3.63, 3.8) is 0 Å². The second-order valence-corrected chi connectivity index (χ2v) is 5.93. The van der Waals surface area contributed by atoms with E-state index in [1.807, 2.05) is 4.90 Å². The van der Waals surface area contributed by atoms with E-state index in [2.05, 4.69) is 15.5 Å². The quantitative estimate of drug-likeness (QED) is 0.598. The zero-order valence-electron chi connectivity index (χ0n) is 14.7. The molecule has 1 atom stereocenters. The van der Waals surface area contributed by atoms with E-state index in [1.165, 1.54) is 6.07 Å². The fourth-order valence-electron chi connectivity index (χ4n) is 2.99. The van der Waals surface area contributed by atoms with Gasteiger partial charge in [0.2, 0.25) is 0 Å². The van der Waals surface area contributed by atoms with Crippen LogP contribution in [-0.4, -0.2) is 65.1 Å². The third kappa shape index (κ3) is 5.16. The van der Waals surface area contributed by atoms with Gasteiger partial charge in [-0.3, -0.25) is 4.90 Å². The average Bonchev–Trinajstić information content (AvgIpc) is 3.09. The van der Waals surface area contributed by atoms with Crippen molar-refractivity contribution in [1.82, 2.24) is 25.1 Å². The second-order valence-electron chi connectivity index (χ2n) is 5.93. The first-order chi connectivity index (χ1) is 12.5. The van der Waals surface area contributed by atoms with Crippen LogP contribution >= 0.6 is 0 Å². The summed E-state index contributed by atoms with van der Waals surface area (Å²) in [5, 5.41) is 11.8. The van der Waals surface area contributed by atoms with Gasteiger partial charge in [-0.05, 0) is 28.1 Å². The molecular weight excluding hydrogens is 387 g/mol. The molecule has 0 amide bonds. The van der Waals surface area contributed by atoms with Gasteiger partial charge in [-0.2, -0.15) is 13.2 Å². The molecule has 1 fully saturated rings. The van der Waals surface area contributed by atoms with Gasteiger partial charge in [0.25, 0.3) is 0 Å². The Kier molecular flexibility index (Phi) is 7.54. The molecule has 0 N–H and O–H groups in total. The summed E-state index contributed by atoms with van der Waals surface area (Å²) >= 11 is 0. The third-order valence-corrected chi connectivity index (χ3v) is 4.25. The van der Waals surface area contributed by atoms with E-state index >= 15 is 0 Å². The van der Waals surface area contributed by atoms with Gasteiger partial charge in [0, 0.05) is 20.2 Å². The van der Waals surface area contributed by atoms with Gasteiger partial charge in [-0.1, -0.05) is 12.1 Å². The van der Waals surface area contributed by atoms with Crippen LogP contribution in [0, 0.1) is 0 Å². The SMILES string of the molecule is COCCn1nnnc1C(c1cccc(C(F)(F)F)c1)N1CCOCC1.[Cl-]. The van der Waals surface area contributed by atoms with Gasteiger partial charge in [-0.25, -0.2) is 4.68 Å². The molecule has 1 aliphatic heterocycles. The normalized spacial score (nSPS) is 16.7. The number of methoxy groups -OCH3 is 1. The number of rotatable bonds is 6. The maximum atomic E-state index is 13.2. The third-order valence-electron chi connectivity index (χ3n) is 4.25. The van der Waals surface area contributed by atoms with Crippen molar-refractivity contribution in [3.05, 3.63) is 41.2 Å². The van der Waals surface area contributed by atoms with Crippen molar-refractivity contribution in [3.8, 4) is 0 Å². The first kappa shape index (κ1) is 21.5. The van der Waals surface area contributed by atoms with Crippen molar-refractivity contribution >= 4 is 0 Å². The van der Waals surface area contributed by atoms with Gasteiger partial charge in [0.05, 0.1) is 38.0 Å². The Balaban J connectivity index is 0.00000261. The number of hydrogen-bond acceptors (Lipinski definition) is 6. The molecule has 0 aliphatic carbocycles. The number of benzene rings is 1. The van der Waals surface area contributed by atoms with Gasteiger partial charge < -0.3 is 21.9 Å². The Bertz CT molecular complexity index is 722. The van der Waals surface area contributed by atoms with Crippen molar-refractivity contribution in [2.24, 2.45) is 0 Å². The monoisotopic (exact) mass is 406 g/mol. The van der Waals surface area contributed by atoms with Crippen LogP contribution in [0.1, 0.15) is 23.0 Å². The highest BCUT2D eigenvalue weighted by Crippen LogP contribution is 2.34. The van der Waals surface area contributed by atoms with Crippen LogP contribution in [0.15, 0.2) is 24.3 Å². The minimum atomic E-state index is -4.41. The molecule has 150 valence electrons. The molecule has 3 rings (SSSR count). The number of hydrogen-bond donors (Lipinski definition) is 0. The Hall–Kier alpha value is -1.75. The van der Waals surface area contributed by atoms with Crippen LogP contribution in [0.25, 0.3) is 0 Å². The zero-order chi connectivity index (χ0) is 18.6. The van der Waals surface area contributed by atoms with Gasteiger partial charge in [0.1, 0.15) is 0 Å². The lowest BCUT2D eigenvalue weighted by molar-refractivity contribution is -0.137. The summed E-state index contributed by atoms with van der Waals surface area (Å²) in [6.45, 7) is 3.00. The van der Waals surface area contributed by atoms with Gasteiger partial charge >= 0.3 is 6.18 Å². The minimum absolute atomic E-state index is 0. The molecule has 0 bridgehead atoms. The second kappa shape index (κ2) is 9.45. The Labute approximate surface area is 160 Å². The molecule has 7 nitrogen and oxygen atoms in total. The van der Waals surface area contributed by atoms with Crippen LogP contribution in [0.3, 0.4) is 0 Å². The number of morpholine rings is 1. The molecule has 1 unspecified atom stereocenters. The smallest absolute Gasteiger partial charge is 0.416 e. The number of aromatic nitrogens is 4. The topological polar surface area (TPSA) is 65.3 Å². The van der Waals surface area contributed by atoms with E-state index in [9.17, 15) is 13.2 Å². The Morgan fingerprint density at radius 1 is 1.26 bits per heavy atom. The average molecular weight is 407 g/mol. The molecule has 2 aromatic rings. The summed E-state index contributed by atoms with van der Waals surface area (Å²) in [5.74, 6) is 0.489. The summed E-state index contributed by atoms with van der Waals surface area (Å²) in [4.78, 5) is 2.04. The van der Waals surface area contributed by atoms with Crippen molar-refractivity contribution in [1.29, 1.82) is 0 Å². The van der Waals surface area contributed by atoms with Crippen LogP contribution in [0.4, 0.5) is 13.2 Å². The van der Waals surface area contributed by atoms with E-state index in [4.69, 9.17) is 9.47 Å². The molecule has 0 spiro atoms. The van der Waals surface area contributed by atoms with E-state index < -0.39 is 17.8 Å². The summed E-state index contributed by atoms with van der Waals surface area (Å²) in [6.07, 6.45) is -4.41. The van der Waals surface area contributed by atoms with E-state index in [-0.39, 0.29) is 12.4 Å². The number of ether oxygens (including phenoxy) is 2. The van der Waals surface area contributed by atoms with Crippen molar-refractivity contribution in [2.75, 3.05) is 40.0 Å². The summed E-state index contributed by atoms with van der Waals surface area (Å²) in [5.41, 5.74) is -0.195. The van der Waals surface area contributed by atoms with Crippen LogP contribution < -0.4 is 12.4 Å². The van der Waals surface area contributed by atoms with Crippen LogP contribution in [0.5, 0.6) is 0 Å². The molecule has 0 saturated carbocycles. The summed E-state index contributed by atoms with van der Waals surface area (Å²) < 4.78 is 51.5. The van der Waals surface area contributed by atoms with E-state index in [0.717, 1.165) is 12.1 Å². The first-order valence-electron chi connectivity index (χ1n) is 8.24. The molecule has 1 aromatic heterocycles. The fraction of sp³-hybridized carbons (Fsp3) is 0.562. The lowest BCUT2D eigenvalue weighted by Crippen LogP contribution is -3.00. The predicted molar refractivity (Wildman–Crippen MR) is 85.4 cm³/mol. The van der Waals surface area contributed by atoms with Gasteiger partial charge in [0.15, 0.2) is 5.82 Å². The van der Waals surface area contributed by atoms with Crippen molar-refractivity contribution in [2.45, 2.75) is 18.8 Å². The molecule has 27 heavy (non-hydrogen) atoms. The van der Waals surface area contributed by atoms with E-state index in [0.29, 0.717) is 50.8 Å². The van der Waals surface area contributed by atoms with Crippen LogP contribution in [0.2, 0.25) is 0 Å². The molecule has 2 heterocycles. The lowest BCUT2D eigenvalue weighted by atomic mass is 10.0. The lowest BCUT2D eigenvalue weighted by Gasteiger charge is -2.34. The maximum Gasteiger partial charge on any atom is 0.416 e. The summed E-state index contributed by atoms with van der Waals surface area (Å²) in [6, 6.07) is 4.82. The highest BCUT2D eigenvalue weighted by Gasteiger charge is 2.34. The molecule has 1 saturated heterocycles. The van der Waals surface area contributed by atoms with E-state index in [1.54, 1.807) is 17.9 Å². The van der Waals surface area contributed by atoms with Crippen molar-refractivity contribution < 1.29 is 35.1 Å². The standard InChI is InChI=1S/C16H20F3N5O2.ClH/c1-25-8-7-24-15(20-21-22-24)14(23-5-9-26-10-6-23)12-3-2-4-13(11-12)16(17,18)19;/h2-4,11,14H,5-10H2,1H3;1H/p-1. The Morgan fingerprint density at radius 2 is 2.00 bits per heavy atom. The minimum Gasteiger partial charge on any atom is -1.00 e. The molecule has 1 aromatic carbocycles. The predicted octanol–water partition coefficient (Wildman–Crippen LogP) is -1.24. The number of halogens is 4. The highest BCUT2D eigenvalue weighted by molar-refractivity contribution is 5.31. The molecule has 11 heteroatoms. The molecule has 1 aliphatic rings. The molecule has 0 radical (unpaired) electrons. The first-order valence-corrected chi connectivity index (χ1v) is 8.24. The largest absolute Gasteiger partial charge is 1.00 e. The highest BCUT2D eigenvalue weighted by atomic mass is 35.5. The van der Waals surface area contributed by atoms with Crippen LogP contribution in [-0.2, 0) is 22.2 Å².